The molecule has 1 aromatic heterocycles. The second-order valence-corrected chi connectivity index (χ2v) is 4.24. The molecule has 2 aromatic rings. The highest BCUT2D eigenvalue weighted by atomic mass is 15.2. The maximum Gasteiger partial charge on any atom is 0.0711 e. The summed E-state index contributed by atoms with van der Waals surface area (Å²) in [6, 6.07) is 12.4. The molecule has 3 N–H and O–H groups in total. The number of hydrogen-bond acceptors (Lipinski definition) is 3. The van der Waals surface area contributed by atoms with Crippen molar-refractivity contribution in [3.63, 3.8) is 0 Å². The Hall–Kier alpha value is -1.71. The van der Waals surface area contributed by atoms with E-state index in [4.69, 9.17) is 5.84 Å². The predicted molar refractivity (Wildman–Crippen MR) is 69.3 cm³/mol. The van der Waals surface area contributed by atoms with E-state index in [1.54, 1.807) is 0 Å². The summed E-state index contributed by atoms with van der Waals surface area (Å²) in [7, 11) is 0. The minimum Gasteiger partial charge on any atom is -0.271 e. The Morgan fingerprint density at radius 2 is 1.76 bits per heavy atom. The number of nitrogens with zero attached hydrogens (tertiary/aromatic N) is 1. The van der Waals surface area contributed by atoms with Crippen LogP contribution in [-0.4, -0.2) is 4.98 Å². The summed E-state index contributed by atoms with van der Waals surface area (Å²) < 4.78 is 0. The molecule has 0 radical (unpaired) electrons. The summed E-state index contributed by atoms with van der Waals surface area (Å²) in [6.45, 7) is 4.05. The predicted octanol–water partition coefficient (Wildman–Crippen LogP) is 2.25. The average molecular weight is 227 g/mol. The van der Waals surface area contributed by atoms with Gasteiger partial charge in [0.15, 0.2) is 0 Å². The first-order valence-electron chi connectivity index (χ1n) is 5.66. The van der Waals surface area contributed by atoms with Gasteiger partial charge in [-0.25, -0.2) is 5.43 Å². The standard InChI is InChI=1S/C14H17N3/c1-10-3-5-12(6-4-10)14(17-15)13-7-8-16-11(2)9-13/h3-9,14,17H,15H2,1-2H3. The molecule has 88 valence electrons. The zero-order valence-electron chi connectivity index (χ0n) is 10.1. The highest BCUT2D eigenvalue weighted by molar-refractivity contribution is 5.33. The van der Waals surface area contributed by atoms with Crippen LogP contribution in [0.3, 0.4) is 0 Å². The van der Waals surface area contributed by atoms with Gasteiger partial charge >= 0.3 is 0 Å². The first-order chi connectivity index (χ1) is 8.20. The van der Waals surface area contributed by atoms with E-state index >= 15 is 0 Å². The van der Waals surface area contributed by atoms with E-state index in [0.717, 1.165) is 16.8 Å². The van der Waals surface area contributed by atoms with Crippen LogP contribution in [0.1, 0.15) is 28.4 Å². The normalized spacial score (nSPS) is 12.4. The molecule has 0 aliphatic rings. The minimum absolute atomic E-state index is 0.0114. The molecule has 0 spiro atoms. The summed E-state index contributed by atoms with van der Waals surface area (Å²) in [5, 5.41) is 0. The number of pyridine rings is 1. The molecule has 0 saturated carbocycles. The first kappa shape index (κ1) is 11.8. The summed E-state index contributed by atoms with van der Waals surface area (Å²) in [5.41, 5.74) is 7.38. The van der Waals surface area contributed by atoms with Crippen molar-refractivity contribution >= 4 is 0 Å². The maximum absolute atomic E-state index is 5.65. The second kappa shape index (κ2) is 5.08. The van der Waals surface area contributed by atoms with E-state index in [2.05, 4.69) is 41.6 Å². The van der Waals surface area contributed by atoms with Crippen molar-refractivity contribution in [1.29, 1.82) is 0 Å². The molecule has 0 bridgehead atoms. The summed E-state index contributed by atoms with van der Waals surface area (Å²) in [5.74, 6) is 5.65. The number of benzene rings is 1. The molecule has 1 aromatic carbocycles. The molecule has 17 heavy (non-hydrogen) atoms. The van der Waals surface area contributed by atoms with E-state index in [1.807, 2.05) is 25.3 Å². The van der Waals surface area contributed by atoms with Crippen molar-refractivity contribution in [3.8, 4) is 0 Å². The van der Waals surface area contributed by atoms with E-state index in [9.17, 15) is 0 Å². The molecule has 3 heteroatoms. The topological polar surface area (TPSA) is 50.9 Å². The summed E-state index contributed by atoms with van der Waals surface area (Å²) in [6.07, 6.45) is 1.81. The number of hydrazine groups is 1. The quantitative estimate of drug-likeness (QED) is 0.624. The Balaban J connectivity index is 2.36. The maximum atomic E-state index is 5.65. The lowest BCUT2D eigenvalue weighted by Gasteiger charge is -2.17. The zero-order chi connectivity index (χ0) is 12.3. The Morgan fingerprint density at radius 3 is 2.35 bits per heavy atom. The van der Waals surface area contributed by atoms with Crippen molar-refractivity contribution in [2.45, 2.75) is 19.9 Å². The zero-order valence-corrected chi connectivity index (χ0v) is 10.1. The molecule has 0 aliphatic carbocycles. The van der Waals surface area contributed by atoms with E-state index in [1.165, 1.54) is 5.56 Å². The van der Waals surface area contributed by atoms with Gasteiger partial charge in [0.1, 0.15) is 0 Å². The fraction of sp³-hybridized carbons (Fsp3) is 0.214. The van der Waals surface area contributed by atoms with Crippen molar-refractivity contribution in [1.82, 2.24) is 10.4 Å². The van der Waals surface area contributed by atoms with Gasteiger partial charge in [-0.2, -0.15) is 0 Å². The van der Waals surface area contributed by atoms with Crippen LogP contribution in [0, 0.1) is 13.8 Å². The van der Waals surface area contributed by atoms with Crippen LogP contribution in [0.15, 0.2) is 42.6 Å². The monoisotopic (exact) mass is 227 g/mol. The third-order valence-corrected chi connectivity index (χ3v) is 2.83. The Kier molecular flexibility index (Phi) is 3.52. The van der Waals surface area contributed by atoms with E-state index < -0.39 is 0 Å². The van der Waals surface area contributed by atoms with Gasteiger partial charge in [0.25, 0.3) is 0 Å². The fourth-order valence-corrected chi connectivity index (χ4v) is 1.89. The van der Waals surface area contributed by atoms with E-state index in [0.29, 0.717) is 0 Å². The van der Waals surface area contributed by atoms with Gasteiger partial charge < -0.3 is 0 Å². The van der Waals surface area contributed by atoms with Crippen LogP contribution in [0.4, 0.5) is 0 Å². The van der Waals surface area contributed by atoms with Gasteiger partial charge in [-0.05, 0) is 37.1 Å². The van der Waals surface area contributed by atoms with Crippen LogP contribution >= 0.6 is 0 Å². The lowest BCUT2D eigenvalue weighted by atomic mass is 9.99. The Bertz CT molecular complexity index is 491. The van der Waals surface area contributed by atoms with Gasteiger partial charge in [0, 0.05) is 11.9 Å². The van der Waals surface area contributed by atoms with E-state index in [-0.39, 0.29) is 6.04 Å². The molecule has 2 rings (SSSR count). The minimum atomic E-state index is 0.0114. The van der Waals surface area contributed by atoms with Gasteiger partial charge in [0.05, 0.1) is 6.04 Å². The third kappa shape index (κ3) is 2.70. The molecule has 0 saturated heterocycles. The van der Waals surface area contributed by atoms with Crippen molar-refractivity contribution in [2.75, 3.05) is 0 Å². The Labute approximate surface area is 102 Å². The molecular formula is C14H17N3. The van der Waals surface area contributed by atoms with Crippen molar-refractivity contribution in [3.05, 3.63) is 65.0 Å². The molecule has 1 unspecified atom stereocenters. The Morgan fingerprint density at radius 1 is 1.06 bits per heavy atom. The van der Waals surface area contributed by atoms with Crippen LogP contribution < -0.4 is 11.3 Å². The van der Waals surface area contributed by atoms with Crippen molar-refractivity contribution < 1.29 is 0 Å². The van der Waals surface area contributed by atoms with Crippen LogP contribution in [0.25, 0.3) is 0 Å². The average Bonchev–Trinajstić information content (AvgIpc) is 2.33. The molecular weight excluding hydrogens is 210 g/mol. The fourth-order valence-electron chi connectivity index (χ4n) is 1.89. The lowest BCUT2D eigenvalue weighted by molar-refractivity contribution is 0.635. The first-order valence-corrected chi connectivity index (χ1v) is 5.66. The van der Waals surface area contributed by atoms with Gasteiger partial charge in [-0.1, -0.05) is 29.8 Å². The number of nitrogens with one attached hydrogen (secondary N) is 1. The summed E-state index contributed by atoms with van der Waals surface area (Å²) in [4.78, 5) is 4.20. The summed E-state index contributed by atoms with van der Waals surface area (Å²) >= 11 is 0. The highest BCUT2D eigenvalue weighted by Crippen LogP contribution is 2.21. The molecule has 3 nitrogen and oxygen atoms in total. The number of aryl methyl sites for hydroxylation is 2. The molecule has 0 amide bonds. The van der Waals surface area contributed by atoms with Crippen LogP contribution in [-0.2, 0) is 0 Å². The number of hydrogen-bond donors (Lipinski definition) is 2. The van der Waals surface area contributed by atoms with Gasteiger partial charge in [0.2, 0.25) is 0 Å². The lowest BCUT2D eigenvalue weighted by Crippen LogP contribution is -2.28. The smallest absolute Gasteiger partial charge is 0.0711 e. The number of nitrogens with two attached hydrogens (primary N) is 1. The second-order valence-electron chi connectivity index (χ2n) is 4.24. The van der Waals surface area contributed by atoms with Crippen LogP contribution in [0.5, 0.6) is 0 Å². The molecule has 0 aliphatic heterocycles. The van der Waals surface area contributed by atoms with Gasteiger partial charge in [-0.3, -0.25) is 10.8 Å². The SMILES string of the molecule is Cc1ccc(C(NN)c2ccnc(C)c2)cc1. The molecule has 0 fully saturated rings. The number of aromatic nitrogens is 1. The largest absolute Gasteiger partial charge is 0.271 e. The van der Waals surface area contributed by atoms with Crippen LogP contribution in [0.2, 0.25) is 0 Å². The van der Waals surface area contributed by atoms with Gasteiger partial charge in [-0.15, -0.1) is 0 Å². The third-order valence-electron chi connectivity index (χ3n) is 2.83. The molecule has 1 heterocycles. The number of rotatable bonds is 3. The molecule has 1 atom stereocenters. The van der Waals surface area contributed by atoms with Crippen molar-refractivity contribution in [2.24, 2.45) is 5.84 Å². The highest BCUT2D eigenvalue weighted by Gasteiger charge is 2.12.